The zero-order valence-electron chi connectivity index (χ0n) is 15.2. The maximum Gasteiger partial charge on any atom is 0.134 e. The van der Waals surface area contributed by atoms with Gasteiger partial charge in [-0.05, 0) is 42.9 Å². The van der Waals surface area contributed by atoms with Gasteiger partial charge in [-0.15, -0.1) is 12.4 Å². The highest BCUT2D eigenvalue weighted by atomic mass is 79.9. The first-order valence-electron chi connectivity index (χ1n) is 8.91. The van der Waals surface area contributed by atoms with Crippen LogP contribution in [0.15, 0.2) is 63.5 Å². The van der Waals surface area contributed by atoms with Crippen LogP contribution in [0.1, 0.15) is 31.2 Å². The fourth-order valence-electron chi connectivity index (χ4n) is 3.11. The molecular weight excluding hydrogens is 412 g/mol. The molecule has 0 bridgehead atoms. The van der Waals surface area contributed by atoms with Gasteiger partial charge >= 0.3 is 0 Å². The normalized spacial score (nSPS) is 12.3. The van der Waals surface area contributed by atoms with E-state index in [4.69, 9.17) is 4.42 Å². The van der Waals surface area contributed by atoms with Gasteiger partial charge in [0.05, 0.1) is 6.04 Å². The summed E-state index contributed by atoms with van der Waals surface area (Å²) in [6, 6.07) is 18.8. The van der Waals surface area contributed by atoms with Crippen molar-refractivity contribution in [3.63, 3.8) is 0 Å². The fraction of sp³-hybridized carbons (Fsp3) is 0.333. The lowest BCUT2D eigenvalue weighted by Crippen LogP contribution is -2.34. The molecule has 0 spiro atoms. The van der Waals surface area contributed by atoms with Gasteiger partial charge in [0.25, 0.3) is 0 Å². The van der Waals surface area contributed by atoms with Crippen molar-refractivity contribution in [2.45, 2.75) is 19.9 Å². The second-order valence-corrected chi connectivity index (χ2v) is 7.07. The molecule has 3 rings (SSSR count). The molecule has 0 aliphatic heterocycles. The molecule has 0 saturated heterocycles. The minimum atomic E-state index is 0. The summed E-state index contributed by atoms with van der Waals surface area (Å²) in [6.07, 6.45) is 0. The van der Waals surface area contributed by atoms with Gasteiger partial charge in [-0.25, -0.2) is 0 Å². The summed E-state index contributed by atoms with van der Waals surface area (Å²) in [4.78, 5) is 2.42. The van der Waals surface area contributed by atoms with Crippen molar-refractivity contribution in [1.82, 2.24) is 10.2 Å². The quantitative estimate of drug-likeness (QED) is 0.494. The topological polar surface area (TPSA) is 28.4 Å². The van der Waals surface area contributed by atoms with Crippen LogP contribution in [0.4, 0.5) is 0 Å². The summed E-state index contributed by atoms with van der Waals surface area (Å²) in [6.45, 7) is 8.51. The minimum absolute atomic E-state index is 0. The zero-order valence-corrected chi connectivity index (χ0v) is 17.6. The summed E-state index contributed by atoms with van der Waals surface area (Å²) in [7, 11) is 0. The van der Waals surface area contributed by atoms with Gasteiger partial charge < -0.3 is 14.6 Å². The van der Waals surface area contributed by atoms with Gasteiger partial charge in [0, 0.05) is 22.9 Å². The van der Waals surface area contributed by atoms with E-state index in [2.05, 4.69) is 76.4 Å². The summed E-state index contributed by atoms with van der Waals surface area (Å²) >= 11 is 3.53. The molecule has 0 aliphatic carbocycles. The Morgan fingerprint density at radius 2 is 1.77 bits per heavy atom. The van der Waals surface area contributed by atoms with Gasteiger partial charge in [0.2, 0.25) is 0 Å². The molecule has 1 unspecified atom stereocenters. The first-order chi connectivity index (χ1) is 12.2. The first-order valence-corrected chi connectivity index (χ1v) is 9.70. The number of hydrogen-bond acceptors (Lipinski definition) is 3. The minimum Gasteiger partial charge on any atom is -0.459 e. The average molecular weight is 438 g/mol. The predicted molar refractivity (Wildman–Crippen MR) is 115 cm³/mol. The predicted octanol–water partition coefficient (Wildman–Crippen LogP) is 5.64. The van der Waals surface area contributed by atoms with Crippen molar-refractivity contribution in [3.8, 4) is 0 Å². The maximum absolute atomic E-state index is 6.15. The SMILES string of the molecule is CCN(CC)CCNC(c1ccccc1)c1cc2cc(Br)ccc2o1.Cl. The Kier molecular flexibility index (Phi) is 8.16. The fourth-order valence-corrected chi connectivity index (χ4v) is 3.49. The lowest BCUT2D eigenvalue weighted by atomic mass is 10.0. The Balaban J connectivity index is 0.00000243. The monoisotopic (exact) mass is 436 g/mol. The molecule has 0 fully saturated rings. The Labute approximate surface area is 170 Å². The highest BCUT2D eigenvalue weighted by Crippen LogP contribution is 2.29. The molecule has 3 aromatic rings. The van der Waals surface area contributed by atoms with E-state index in [1.807, 2.05) is 18.2 Å². The van der Waals surface area contributed by atoms with Crippen LogP contribution in [0.3, 0.4) is 0 Å². The molecule has 0 radical (unpaired) electrons. The molecule has 5 heteroatoms. The van der Waals surface area contributed by atoms with E-state index >= 15 is 0 Å². The number of likely N-dealkylation sites (N-methyl/N-ethyl adjacent to an activating group) is 1. The summed E-state index contributed by atoms with van der Waals surface area (Å²) in [5, 5.41) is 4.80. The number of benzene rings is 2. The van der Waals surface area contributed by atoms with E-state index in [1.165, 1.54) is 5.56 Å². The average Bonchev–Trinajstić information content (AvgIpc) is 3.05. The number of nitrogens with one attached hydrogen (secondary N) is 1. The van der Waals surface area contributed by atoms with Gasteiger partial charge in [-0.2, -0.15) is 0 Å². The van der Waals surface area contributed by atoms with E-state index < -0.39 is 0 Å². The van der Waals surface area contributed by atoms with E-state index in [-0.39, 0.29) is 18.4 Å². The van der Waals surface area contributed by atoms with E-state index in [0.717, 1.165) is 47.4 Å². The lowest BCUT2D eigenvalue weighted by molar-refractivity contribution is 0.296. The molecule has 0 aliphatic rings. The second kappa shape index (κ2) is 10.1. The van der Waals surface area contributed by atoms with Crippen LogP contribution in [0, 0.1) is 0 Å². The maximum atomic E-state index is 6.15. The van der Waals surface area contributed by atoms with Crippen LogP contribution < -0.4 is 5.32 Å². The third-order valence-corrected chi connectivity index (χ3v) is 5.08. The molecule has 2 aromatic carbocycles. The molecule has 1 heterocycles. The molecular formula is C21H26BrClN2O. The number of nitrogens with zero attached hydrogens (tertiary/aromatic N) is 1. The lowest BCUT2D eigenvalue weighted by Gasteiger charge is -2.21. The van der Waals surface area contributed by atoms with Crippen LogP contribution in [-0.4, -0.2) is 31.1 Å². The third-order valence-electron chi connectivity index (χ3n) is 4.59. The molecule has 1 N–H and O–H groups in total. The highest BCUT2D eigenvalue weighted by molar-refractivity contribution is 9.10. The van der Waals surface area contributed by atoms with Crippen molar-refractivity contribution in [2.24, 2.45) is 0 Å². The van der Waals surface area contributed by atoms with Gasteiger partial charge in [0.1, 0.15) is 11.3 Å². The van der Waals surface area contributed by atoms with Crippen LogP contribution in [0.2, 0.25) is 0 Å². The van der Waals surface area contributed by atoms with E-state index in [1.54, 1.807) is 0 Å². The van der Waals surface area contributed by atoms with Crippen LogP contribution in [-0.2, 0) is 0 Å². The third kappa shape index (κ3) is 5.10. The summed E-state index contributed by atoms with van der Waals surface area (Å²) in [5.41, 5.74) is 2.14. The standard InChI is InChI=1S/C21H25BrN2O.ClH/c1-3-24(4-2)13-12-23-21(16-8-6-5-7-9-16)20-15-17-14-18(22)10-11-19(17)25-20;/h5-11,14-15,21,23H,3-4,12-13H2,1-2H3;1H. The smallest absolute Gasteiger partial charge is 0.134 e. The molecule has 1 atom stereocenters. The number of fused-ring (bicyclic) bond motifs is 1. The number of rotatable bonds is 8. The van der Waals surface area contributed by atoms with Gasteiger partial charge in [-0.3, -0.25) is 0 Å². The molecule has 1 aromatic heterocycles. The Morgan fingerprint density at radius 3 is 2.46 bits per heavy atom. The van der Waals surface area contributed by atoms with Gasteiger partial charge in [-0.1, -0.05) is 60.1 Å². The molecule has 140 valence electrons. The summed E-state index contributed by atoms with van der Waals surface area (Å²) < 4.78 is 7.22. The van der Waals surface area contributed by atoms with E-state index in [0.29, 0.717) is 0 Å². The van der Waals surface area contributed by atoms with Crippen LogP contribution >= 0.6 is 28.3 Å². The zero-order chi connectivity index (χ0) is 17.6. The van der Waals surface area contributed by atoms with Crippen molar-refractivity contribution in [1.29, 1.82) is 0 Å². The summed E-state index contributed by atoms with van der Waals surface area (Å²) in [5.74, 6) is 0.957. The number of halogens is 2. The Morgan fingerprint density at radius 1 is 1.04 bits per heavy atom. The second-order valence-electron chi connectivity index (χ2n) is 6.16. The van der Waals surface area contributed by atoms with E-state index in [9.17, 15) is 0 Å². The number of furan rings is 1. The molecule has 26 heavy (non-hydrogen) atoms. The molecule has 0 amide bonds. The van der Waals surface area contributed by atoms with Crippen molar-refractivity contribution < 1.29 is 4.42 Å². The van der Waals surface area contributed by atoms with Crippen molar-refractivity contribution in [2.75, 3.05) is 26.2 Å². The largest absolute Gasteiger partial charge is 0.459 e. The highest BCUT2D eigenvalue weighted by Gasteiger charge is 2.18. The first kappa shape index (κ1) is 21.0. The van der Waals surface area contributed by atoms with Crippen molar-refractivity contribution >= 4 is 39.3 Å². The van der Waals surface area contributed by atoms with Crippen LogP contribution in [0.5, 0.6) is 0 Å². The Hall–Kier alpha value is -1.33. The molecule has 3 nitrogen and oxygen atoms in total. The van der Waals surface area contributed by atoms with Crippen molar-refractivity contribution in [3.05, 3.63) is 70.4 Å². The number of hydrogen-bond donors (Lipinski definition) is 1. The molecule has 0 saturated carbocycles. The Bertz CT molecular complexity index is 802. The van der Waals surface area contributed by atoms with Crippen LogP contribution in [0.25, 0.3) is 11.0 Å². The van der Waals surface area contributed by atoms with Gasteiger partial charge in [0.15, 0.2) is 0 Å².